The highest BCUT2D eigenvalue weighted by molar-refractivity contribution is 9.10. The largest absolute Gasteiger partial charge is 0.299 e. The molecule has 6 heteroatoms. The first-order valence-electron chi connectivity index (χ1n) is 13.4. The van der Waals surface area contributed by atoms with Gasteiger partial charge in [-0.2, -0.15) is 5.10 Å². The zero-order valence-corrected chi connectivity index (χ0v) is 23.7. The quantitative estimate of drug-likeness (QED) is 0.220. The van der Waals surface area contributed by atoms with Crippen molar-refractivity contribution in [3.8, 4) is 11.1 Å². The molecule has 0 spiro atoms. The molecule has 0 bridgehead atoms. The SMILES string of the molecule is CCc1cccnc1.Cc1cc(C2CCN(Cc3ccc(-c4ccccc4)cc3)CC2)nc2c(Br)cnn12. The maximum absolute atomic E-state index is 4.90. The minimum Gasteiger partial charge on any atom is -0.299 e. The molecular weight excluding hydrogens is 534 g/mol. The van der Waals surface area contributed by atoms with Gasteiger partial charge in [0.15, 0.2) is 5.65 Å². The number of hydrogen-bond donors (Lipinski definition) is 0. The van der Waals surface area contributed by atoms with Gasteiger partial charge in [0, 0.05) is 36.2 Å². The minimum atomic E-state index is 0.521. The molecule has 0 aliphatic carbocycles. The third-order valence-corrected chi connectivity index (χ3v) is 7.79. The van der Waals surface area contributed by atoms with Crippen molar-refractivity contribution >= 4 is 21.6 Å². The zero-order chi connectivity index (χ0) is 26.3. The number of rotatable bonds is 5. The van der Waals surface area contributed by atoms with E-state index in [1.165, 1.54) is 27.9 Å². The number of piperidine rings is 1. The molecule has 1 fully saturated rings. The van der Waals surface area contributed by atoms with Gasteiger partial charge < -0.3 is 0 Å². The molecule has 38 heavy (non-hydrogen) atoms. The summed E-state index contributed by atoms with van der Waals surface area (Å²) >= 11 is 3.57. The van der Waals surface area contributed by atoms with Crippen LogP contribution >= 0.6 is 15.9 Å². The second kappa shape index (κ2) is 12.5. The minimum absolute atomic E-state index is 0.521. The first-order valence-corrected chi connectivity index (χ1v) is 14.2. The van der Waals surface area contributed by atoms with Gasteiger partial charge >= 0.3 is 0 Å². The van der Waals surface area contributed by atoms with E-state index in [0.717, 1.165) is 54.7 Å². The van der Waals surface area contributed by atoms with E-state index in [-0.39, 0.29) is 0 Å². The van der Waals surface area contributed by atoms with E-state index >= 15 is 0 Å². The number of aryl methyl sites for hydroxylation is 2. The standard InChI is InChI=1S/C25H25BrN4.C7H9N/c1-18-15-24(28-25-23(26)16-27-30(18)25)22-11-13-29(14-12-22)17-19-7-9-21(10-8-19)20-5-3-2-4-6-20;1-2-7-4-3-5-8-6-7/h2-10,15-16,22H,11-14,17H2,1H3;3-6H,2H2,1H3. The molecule has 194 valence electrons. The highest BCUT2D eigenvalue weighted by Gasteiger charge is 2.23. The molecule has 1 aliphatic heterocycles. The Morgan fingerprint density at radius 1 is 0.868 bits per heavy atom. The van der Waals surface area contributed by atoms with Crippen LogP contribution in [0.3, 0.4) is 0 Å². The van der Waals surface area contributed by atoms with E-state index in [0.29, 0.717) is 5.92 Å². The Morgan fingerprint density at radius 3 is 2.26 bits per heavy atom. The molecule has 0 amide bonds. The molecule has 6 rings (SSSR count). The van der Waals surface area contributed by atoms with Gasteiger partial charge in [0.2, 0.25) is 0 Å². The molecule has 0 atom stereocenters. The van der Waals surface area contributed by atoms with Crippen LogP contribution in [0.2, 0.25) is 0 Å². The molecule has 2 aromatic carbocycles. The number of halogens is 1. The molecule has 0 radical (unpaired) electrons. The predicted molar refractivity (Wildman–Crippen MR) is 158 cm³/mol. The molecule has 1 aliphatic rings. The van der Waals surface area contributed by atoms with Crippen molar-refractivity contribution in [3.05, 3.63) is 118 Å². The number of aromatic nitrogens is 4. The first kappa shape index (κ1) is 26.3. The van der Waals surface area contributed by atoms with E-state index in [9.17, 15) is 0 Å². The summed E-state index contributed by atoms with van der Waals surface area (Å²) in [5, 5.41) is 4.39. The van der Waals surface area contributed by atoms with Crippen molar-refractivity contribution in [2.75, 3.05) is 13.1 Å². The number of benzene rings is 2. The highest BCUT2D eigenvalue weighted by Crippen LogP contribution is 2.30. The average Bonchev–Trinajstić information content (AvgIpc) is 3.36. The smallest absolute Gasteiger partial charge is 0.169 e. The van der Waals surface area contributed by atoms with Crippen molar-refractivity contribution in [3.63, 3.8) is 0 Å². The van der Waals surface area contributed by atoms with Crippen LogP contribution in [-0.4, -0.2) is 37.6 Å². The van der Waals surface area contributed by atoms with Gasteiger partial charge in [0.25, 0.3) is 0 Å². The second-order valence-electron chi connectivity index (χ2n) is 9.88. The molecule has 4 heterocycles. The van der Waals surface area contributed by atoms with Crippen molar-refractivity contribution in [1.29, 1.82) is 0 Å². The van der Waals surface area contributed by atoms with Gasteiger partial charge in [-0.15, -0.1) is 0 Å². The van der Waals surface area contributed by atoms with E-state index < -0.39 is 0 Å². The number of nitrogens with zero attached hydrogens (tertiary/aromatic N) is 5. The summed E-state index contributed by atoms with van der Waals surface area (Å²) in [4.78, 5) is 11.4. The summed E-state index contributed by atoms with van der Waals surface area (Å²) in [6, 6.07) is 25.8. The lowest BCUT2D eigenvalue weighted by molar-refractivity contribution is 0.203. The van der Waals surface area contributed by atoms with Crippen LogP contribution in [0.4, 0.5) is 0 Å². The summed E-state index contributed by atoms with van der Waals surface area (Å²) in [6.07, 6.45) is 8.88. The fourth-order valence-electron chi connectivity index (χ4n) is 5.01. The van der Waals surface area contributed by atoms with Crippen LogP contribution in [-0.2, 0) is 13.0 Å². The van der Waals surface area contributed by atoms with E-state index in [1.807, 2.05) is 23.0 Å². The van der Waals surface area contributed by atoms with Gasteiger partial charge in [-0.1, -0.05) is 67.6 Å². The molecule has 0 saturated carbocycles. The summed E-state index contributed by atoms with van der Waals surface area (Å²) < 4.78 is 2.87. The number of likely N-dealkylation sites (tertiary alicyclic amines) is 1. The average molecular weight is 569 g/mol. The lowest BCUT2D eigenvalue weighted by Crippen LogP contribution is -2.32. The Bertz CT molecular complexity index is 1440. The second-order valence-corrected chi connectivity index (χ2v) is 10.7. The number of hydrogen-bond acceptors (Lipinski definition) is 4. The van der Waals surface area contributed by atoms with E-state index in [4.69, 9.17) is 4.98 Å². The summed E-state index contributed by atoms with van der Waals surface area (Å²) in [5.74, 6) is 0.521. The van der Waals surface area contributed by atoms with Crippen LogP contribution in [0.15, 0.2) is 95.9 Å². The molecule has 1 saturated heterocycles. The molecule has 0 N–H and O–H groups in total. The third-order valence-electron chi connectivity index (χ3n) is 7.23. The maximum Gasteiger partial charge on any atom is 0.169 e. The molecule has 5 aromatic rings. The summed E-state index contributed by atoms with van der Waals surface area (Å²) in [6.45, 7) is 7.46. The molecule has 0 unspecified atom stereocenters. The predicted octanol–water partition coefficient (Wildman–Crippen LogP) is 7.49. The summed E-state index contributed by atoms with van der Waals surface area (Å²) in [5.41, 5.74) is 8.50. The van der Waals surface area contributed by atoms with Gasteiger partial charge in [-0.05, 0) is 89.6 Å². The Labute approximate surface area is 233 Å². The van der Waals surface area contributed by atoms with Gasteiger partial charge in [0.05, 0.1) is 10.7 Å². The first-order chi connectivity index (χ1) is 18.6. The van der Waals surface area contributed by atoms with Crippen molar-refractivity contribution < 1.29 is 0 Å². The van der Waals surface area contributed by atoms with Gasteiger partial charge in [0.1, 0.15) is 0 Å². The van der Waals surface area contributed by atoms with Crippen molar-refractivity contribution in [1.82, 2.24) is 24.5 Å². The summed E-state index contributed by atoms with van der Waals surface area (Å²) in [7, 11) is 0. The lowest BCUT2D eigenvalue weighted by atomic mass is 9.92. The Hall–Kier alpha value is -3.35. The van der Waals surface area contributed by atoms with E-state index in [2.05, 4.69) is 111 Å². The molecule has 5 nitrogen and oxygen atoms in total. The van der Waals surface area contributed by atoms with Gasteiger partial charge in [-0.25, -0.2) is 9.50 Å². The normalized spacial score (nSPS) is 14.3. The Morgan fingerprint density at radius 2 is 1.61 bits per heavy atom. The monoisotopic (exact) mass is 567 g/mol. The number of fused-ring (bicyclic) bond motifs is 1. The maximum atomic E-state index is 4.90. The fourth-order valence-corrected chi connectivity index (χ4v) is 5.35. The van der Waals surface area contributed by atoms with Crippen LogP contribution in [0, 0.1) is 6.92 Å². The number of pyridine rings is 1. The Kier molecular flexibility index (Phi) is 8.61. The highest BCUT2D eigenvalue weighted by atomic mass is 79.9. The fraction of sp³-hybridized carbons (Fsp3) is 0.281. The zero-order valence-electron chi connectivity index (χ0n) is 22.1. The lowest BCUT2D eigenvalue weighted by Gasteiger charge is -2.32. The van der Waals surface area contributed by atoms with Crippen molar-refractivity contribution in [2.24, 2.45) is 0 Å². The topological polar surface area (TPSA) is 46.3 Å². The van der Waals surface area contributed by atoms with Crippen LogP contribution in [0.1, 0.15) is 48.2 Å². The third kappa shape index (κ3) is 6.37. The Balaban J connectivity index is 0.000000316. The van der Waals surface area contributed by atoms with Crippen LogP contribution < -0.4 is 0 Å². The molecular formula is C32H34BrN5. The van der Waals surface area contributed by atoms with Gasteiger partial charge in [-0.3, -0.25) is 9.88 Å². The molecule has 3 aromatic heterocycles. The van der Waals surface area contributed by atoms with E-state index in [1.54, 1.807) is 6.20 Å². The van der Waals surface area contributed by atoms with Crippen LogP contribution in [0.5, 0.6) is 0 Å². The van der Waals surface area contributed by atoms with Crippen molar-refractivity contribution in [2.45, 2.75) is 45.6 Å². The van der Waals surface area contributed by atoms with Crippen LogP contribution in [0.25, 0.3) is 16.8 Å².